The summed E-state index contributed by atoms with van der Waals surface area (Å²) < 4.78 is 4.97. The van der Waals surface area contributed by atoms with Gasteiger partial charge in [-0.25, -0.2) is 4.98 Å². The number of rotatable bonds is 6. The lowest BCUT2D eigenvalue weighted by Crippen LogP contribution is -2.15. The smallest absolute Gasteiger partial charge is 0.270 e. The van der Waals surface area contributed by atoms with Gasteiger partial charge in [-0.2, -0.15) is 5.26 Å². The highest BCUT2D eigenvalue weighted by Gasteiger charge is 2.09. The SMILES string of the molecule is COCCSc1nc(/C=C/c2ccccc2)c(C#N)c(=O)[nH]1. The maximum Gasteiger partial charge on any atom is 0.270 e. The van der Waals surface area contributed by atoms with E-state index >= 15 is 0 Å². The molecule has 0 aliphatic heterocycles. The van der Waals surface area contributed by atoms with Gasteiger partial charge in [0.1, 0.15) is 11.6 Å². The van der Waals surface area contributed by atoms with Gasteiger partial charge in [0.2, 0.25) is 0 Å². The molecule has 1 N–H and O–H groups in total. The molecule has 0 radical (unpaired) electrons. The van der Waals surface area contributed by atoms with Crippen LogP contribution in [0.15, 0.2) is 40.3 Å². The molecular formula is C16H15N3O2S. The summed E-state index contributed by atoms with van der Waals surface area (Å²) in [6, 6.07) is 11.5. The fourth-order valence-electron chi connectivity index (χ4n) is 1.73. The van der Waals surface area contributed by atoms with Gasteiger partial charge in [0.05, 0.1) is 12.3 Å². The highest BCUT2D eigenvalue weighted by atomic mass is 32.2. The van der Waals surface area contributed by atoms with E-state index in [2.05, 4.69) is 9.97 Å². The number of methoxy groups -OCH3 is 1. The van der Waals surface area contributed by atoms with Gasteiger partial charge in [-0.1, -0.05) is 48.2 Å². The molecule has 6 heteroatoms. The summed E-state index contributed by atoms with van der Waals surface area (Å²) in [5, 5.41) is 9.61. The minimum absolute atomic E-state index is 0.0169. The summed E-state index contributed by atoms with van der Waals surface area (Å²) in [7, 11) is 1.61. The van der Waals surface area contributed by atoms with Crippen LogP contribution in [0.25, 0.3) is 12.2 Å². The van der Waals surface area contributed by atoms with Crippen LogP contribution >= 0.6 is 11.8 Å². The van der Waals surface area contributed by atoms with Crippen molar-refractivity contribution in [2.45, 2.75) is 5.16 Å². The summed E-state index contributed by atoms with van der Waals surface area (Å²) in [5.74, 6) is 0.674. The first kappa shape index (κ1) is 16.0. The molecule has 1 aromatic heterocycles. The zero-order chi connectivity index (χ0) is 15.8. The Kier molecular flexibility index (Phi) is 5.95. The normalized spacial score (nSPS) is 10.7. The Morgan fingerprint density at radius 2 is 2.14 bits per heavy atom. The van der Waals surface area contributed by atoms with Crippen LogP contribution in [0.1, 0.15) is 16.8 Å². The molecule has 0 saturated carbocycles. The van der Waals surface area contributed by atoms with Crippen LogP contribution in [0.4, 0.5) is 0 Å². The lowest BCUT2D eigenvalue weighted by Gasteiger charge is -2.03. The summed E-state index contributed by atoms with van der Waals surface area (Å²) in [4.78, 5) is 18.9. The lowest BCUT2D eigenvalue weighted by molar-refractivity contribution is 0.218. The summed E-state index contributed by atoms with van der Waals surface area (Å²) >= 11 is 1.38. The molecule has 0 saturated heterocycles. The maximum atomic E-state index is 11.9. The number of thioether (sulfide) groups is 1. The molecule has 0 aliphatic rings. The highest BCUT2D eigenvalue weighted by molar-refractivity contribution is 7.99. The van der Waals surface area contributed by atoms with Crippen molar-refractivity contribution in [3.8, 4) is 6.07 Å². The van der Waals surface area contributed by atoms with Crippen molar-refractivity contribution in [3.05, 3.63) is 57.5 Å². The number of hydrogen-bond acceptors (Lipinski definition) is 5. The van der Waals surface area contributed by atoms with Gasteiger partial charge < -0.3 is 9.72 Å². The monoisotopic (exact) mass is 313 g/mol. The average Bonchev–Trinajstić information content (AvgIpc) is 2.54. The second kappa shape index (κ2) is 8.17. The van der Waals surface area contributed by atoms with Crippen LogP contribution in [0.3, 0.4) is 0 Å². The lowest BCUT2D eigenvalue weighted by atomic mass is 10.1. The van der Waals surface area contributed by atoms with Crippen molar-refractivity contribution in [1.29, 1.82) is 5.26 Å². The Morgan fingerprint density at radius 3 is 2.82 bits per heavy atom. The predicted octanol–water partition coefficient (Wildman–Crippen LogP) is 2.55. The number of aromatic amines is 1. The Labute approximate surface area is 132 Å². The van der Waals surface area contributed by atoms with Gasteiger partial charge in [-0.15, -0.1) is 0 Å². The fraction of sp³-hybridized carbons (Fsp3) is 0.188. The number of ether oxygens (including phenoxy) is 1. The third kappa shape index (κ3) is 4.32. The topological polar surface area (TPSA) is 78.8 Å². The standard InChI is InChI=1S/C16H15N3O2S/c1-21-9-10-22-16-18-14(13(11-17)15(20)19-16)8-7-12-5-3-2-4-6-12/h2-8H,9-10H2,1H3,(H,18,19,20)/b8-7+. The number of nitrogens with one attached hydrogen (secondary N) is 1. The van der Waals surface area contributed by atoms with E-state index in [4.69, 9.17) is 10.00 Å². The van der Waals surface area contributed by atoms with Crippen LogP contribution in [0, 0.1) is 11.3 Å². The molecule has 0 atom stereocenters. The van der Waals surface area contributed by atoms with Crippen molar-refractivity contribution < 1.29 is 4.74 Å². The minimum atomic E-state index is -0.426. The zero-order valence-electron chi connectivity index (χ0n) is 12.1. The molecule has 22 heavy (non-hydrogen) atoms. The van der Waals surface area contributed by atoms with Gasteiger partial charge in [0.15, 0.2) is 5.16 Å². The summed E-state index contributed by atoms with van der Waals surface area (Å²) in [6.45, 7) is 0.559. The molecule has 0 amide bonds. The molecule has 0 spiro atoms. The summed E-state index contributed by atoms with van der Waals surface area (Å²) in [5.41, 5.74) is 0.936. The van der Waals surface area contributed by atoms with Gasteiger partial charge in [0.25, 0.3) is 5.56 Å². The van der Waals surface area contributed by atoms with Crippen LogP contribution in [0.5, 0.6) is 0 Å². The number of H-pyrrole nitrogens is 1. The summed E-state index contributed by atoms with van der Waals surface area (Å²) in [6.07, 6.45) is 3.51. The molecule has 5 nitrogen and oxygen atoms in total. The molecule has 0 unspecified atom stereocenters. The zero-order valence-corrected chi connectivity index (χ0v) is 12.9. The predicted molar refractivity (Wildman–Crippen MR) is 87.5 cm³/mol. The van der Waals surface area contributed by atoms with Crippen LogP contribution in [0.2, 0.25) is 0 Å². The van der Waals surface area contributed by atoms with E-state index in [1.54, 1.807) is 13.2 Å². The van der Waals surface area contributed by atoms with Gasteiger partial charge >= 0.3 is 0 Å². The van der Waals surface area contributed by atoms with Crippen molar-refractivity contribution >= 4 is 23.9 Å². The first-order valence-corrected chi connectivity index (χ1v) is 7.62. The second-order valence-corrected chi connectivity index (χ2v) is 5.41. The maximum absolute atomic E-state index is 11.9. The third-order valence-electron chi connectivity index (χ3n) is 2.80. The van der Waals surface area contributed by atoms with Crippen LogP contribution in [-0.2, 0) is 4.74 Å². The van der Waals surface area contributed by atoms with Crippen molar-refractivity contribution in [1.82, 2.24) is 9.97 Å². The molecule has 0 fully saturated rings. The molecule has 2 rings (SSSR count). The number of nitrogens with zero attached hydrogens (tertiary/aromatic N) is 2. The fourth-order valence-corrected chi connectivity index (χ4v) is 2.50. The van der Waals surface area contributed by atoms with E-state index in [9.17, 15) is 4.79 Å². The number of aromatic nitrogens is 2. The molecule has 1 aromatic carbocycles. The Bertz CT molecular complexity index is 748. The Morgan fingerprint density at radius 1 is 1.36 bits per heavy atom. The molecular weight excluding hydrogens is 298 g/mol. The first-order chi connectivity index (χ1) is 10.7. The van der Waals surface area contributed by atoms with Gasteiger partial charge in [-0.05, 0) is 11.6 Å². The number of nitriles is 1. The van der Waals surface area contributed by atoms with Gasteiger partial charge in [0, 0.05) is 12.9 Å². The first-order valence-electron chi connectivity index (χ1n) is 6.64. The van der Waals surface area contributed by atoms with E-state index in [1.165, 1.54) is 11.8 Å². The van der Waals surface area contributed by atoms with Crippen LogP contribution in [-0.4, -0.2) is 29.4 Å². The molecule has 0 bridgehead atoms. The molecule has 1 heterocycles. The average molecular weight is 313 g/mol. The van der Waals surface area contributed by atoms with Crippen LogP contribution < -0.4 is 5.56 Å². The third-order valence-corrected chi connectivity index (χ3v) is 3.63. The molecule has 112 valence electrons. The van der Waals surface area contributed by atoms with Crippen molar-refractivity contribution in [2.24, 2.45) is 0 Å². The second-order valence-electron chi connectivity index (χ2n) is 4.33. The van der Waals surface area contributed by atoms with Gasteiger partial charge in [-0.3, -0.25) is 4.79 Å². The van der Waals surface area contributed by atoms with E-state index in [1.807, 2.05) is 42.5 Å². The van der Waals surface area contributed by atoms with Crippen molar-refractivity contribution in [2.75, 3.05) is 19.5 Å². The van der Waals surface area contributed by atoms with E-state index in [0.717, 1.165) is 5.56 Å². The van der Waals surface area contributed by atoms with E-state index in [0.29, 0.717) is 23.2 Å². The minimum Gasteiger partial charge on any atom is -0.384 e. The largest absolute Gasteiger partial charge is 0.384 e. The quantitative estimate of drug-likeness (QED) is 0.504. The molecule has 0 aliphatic carbocycles. The number of hydrogen-bond donors (Lipinski definition) is 1. The van der Waals surface area contributed by atoms with E-state index in [-0.39, 0.29) is 5.56 Å². The van der Waals surface area contributed by atoms with Crippen molar-refractivity contribution in [3.63, 3.8) is 0 Å². The Hall–Kier alpha value is -2.36. The Balaban J connectivity index is 2.30. The van der Waals surface area contributed by atoms with E-state index < -0.39 is 5.56 Å². The highest BCUT2D eigenvalue weighted by Crippen LogP contribution is 2.14. The molecule has 2 aromatic rings. The number of benzene rings is 1.